The molecule has 2 N–H and O–H groups in total. The highest BCUT2D eigenvalue weighted by atomic mass is 19.2. The van der Waals surface area contributed by atoms with Crippen molar-refractivity contribution >= 4 is 28.8 Å². The van der Waals surface area contributed by atoms with Crippen LogP contribution >= 0.6 is 0 Å². The number of carbonyl (C=O) groups is 3. The first-order valence-electron chi connectivity index (χ1n) is 16.1. The van der Waals surface area contributed by atoms with Gasteiger partial charge in [-0.1, -0.05) is 49.6 Å². The van der Waals surface area contributed by atoms with E-state index < -0.39 is 29.7 Å². The summed E-state index contributed by atoms with van der Waals surface area (Å²) in [6.07, 6.45) is 3.32. The van der Waals surface area contributed by atoms with Gasteiger partial charge in [0.1, 0.15) is 12.6 Å². The van der Waals surface area contributed by atoms with E-state index in [0.29, 0.717) is 25.3 Å². The minimum absolute atomic E-state index is 0.0541. The summed E-state index contributed by atoms with van der Waals surface area (Å²) < 4.78 is 47.3. The lowest BCUT2D eigenvalue weighted by Gasteiger charge is -2.38. The first-order chi connectivity index (χ1) is 22.7. The Kier molecular flexibility index (Phi) is 11.6. The van der Waals surface area contributed by atoms with Crippen molar-refractivity contribution in [3.05, 3.63) is 65.4 Å². The van der Waals surface area contributed by atoms with E-state index in [1.54, 1.807) is 16.8 Å². The predicted octanol–water partition coefficient (Wildman–Crippen LogP) is 4.57. The number of halogens is 2. The van der Waals surface area contributed by atoms with Crippen molar-refractivity contribution in [2.75, 3.05) is 52.6 Å². The summed E-state index contributed by atoms with van der Waals surface area (Å²) in [5, 5.41) is 12.1. The van der Waals surface area contributed by atoms with Gasteiger partial charge in [0.25, 0.3) is 5.91 Å². The fraction of sp³-hybridized carbons (Fsp3) is 0.500. The van der Waals surface area contributed by atoms with Crippen molar-refractivity contribution in [3.8, 4) is 5.75 Å². The van der Waals surface area contributed by atoms with E-state index in [1.807, 2.05) is 30.3 Å². The van der Waals surface area contributed by atoms with Crippen LogP contribution in [0.1, 0.15) is 48.2 Å². The molecule has 0 bridgehead atoms. The second-order valence-corrected chi connectivity index (χ2v) is 12.0. The molecule has 0 radical (unpaired) electrons. The minimum atomic E-state index is -1.24. The Balaban J connectivity index is 1.21. The highest BCUT2D eigenvalue weighted by Crippen LogP contribution is 2.35. The number of carboxylic acid groups (broad SMARTS) is 1. The van der Waals surface area contributed by atoms with E-state index in [1.165, 1.54) is 4.57 Å². The van der Waals surface area contributed by atoms with Gasteiger partial charge in [0.2, 0.25) is 5.91 Å². The first kappa shape index (κ1) is 34.1. The number of hydrogen-bond donors (Lipinski definition) is 2. The quantitative estimate of drug-likeness (QED) is 0.259. The fourth-order valence-corrected chi connectivity index (χ4v) is 6.43. The topological polar surface area (TPSA) is 123 Å². The van der Waals surface area contributed by atoms with E-state index in [4.69, 9.17) is 14.2 Å². The standard InChI is InChI=1S/C34H42F2N4O7/c1-38-28-21-27(36)26(35)20-25(28)31(47-19-18-45-16-17-46-22-23-8-4-2-5-9-23)30(38)33(42)40-14-12-39(13-15-40)32(41)29(37-34(43)44)24-10-6-3-7-11-24/h2,4-5,8-9,20-21,24,29,37H,3,6-7,10-19,22H2,1H3,(H,43,44). The lowest BCUT2D eigenvalue weighted by atomic mass is 9.83. The van der Waals surface area contributed by atoms with Gasteiger partial charge in [-0.3, -0.25) is 9.59 Å². The van der Waals surface area contributed by atoms with Crippen LogP contribution in [0.25, 0.3) is 10.9 Å². The Bertz CT molecular complexity index is 1540. The van der Waals surface area contributed by atoms with Crippen molar-refractivity contribution in [1.29, 1.82) is 0 Å². The Morgan fingerprint density at radius 3 is 2.23 bits per heavy atom. The third-order valence-corrected chi connectivity index (χ3v) is 8.90. The summed E-state index contributed by atoms with van der Waals surface area (Å²) in [5.41, 5.74) is 1.48. The van der Waals surface area contributed by atoms with Gasteiger partial charge in [-0.15, -0.1) is 0 Å². The van der Waals surface area contributed by atoms with Crippen molar-refractivity contribution in [3.63, 3.8) is 0 Å². The molecule has 2 aromatic carbocycles. The molecule has 1 aliphatic heterocycles. The monoisotopic (exact) mass is 656 g/mol. The van der Waals surface area contributed by atoms with Gasteiger partial charge in [-0.2, -0.15) is 0 Å². The van der Waals surface area contributed by atoms with E-state index in [2.05, 4.69) is 5.32 Å². The van der Waals surface area contributed by atoms with Crippen molar-refractivity contribution in [1.82, 2.24) is 19.7 Å². The number of hydrogen-bond acceptors (Lipinski definition) is 6. The van der Waals surface area contributed by atoms with E-state index in [-0.39, 0.29) is 68.0 Å². The number of carbonyl (C=O) groups excluding carboxylic acids is 2. The molecule has 2 heterocycles. The predicted molar refractivity (Wildman–Crippen MR) is 169 cm³/mol. The number of rotatable bonds is 13. The summed E-state index contributed by atoms with van der Waals surface area (Å²) in [6.45, 7) is 2.23. The maximum atomic E-state index is 14.4. The van der Waals surface area contributed by atoms with Gasteiger partial charge in [0.15, 0.2) is 23.1 Å². The number of ether oxygens (including phenoxy) is 3. The van der Waals surface area contributed by atoms with Gasteiger partial charge in [-0.05, 0) is 30.4 Å². The maximum Gasteiger partial charge on any atom is 0.405 e. The number of nitrogens with zero attached hydrogens (tertiary/aromatic N) is 3. The molecule has 11 nitrogen and oxygen atoms in total. The summed E-state index contributed by atoms with van der Waals surface area (Å²) >= 11 is 0. The Hall–Kier alpha value is -4.23. The van der Waals surface area contributed by atoms with Gasteiger partial charge in [0, 0.05) is 44.7 Å². The highest BCUT2D eigenvalue weighted by Gasteiger charge is 2.36. The van der Waals surface area contributed by atoms with Crippen molar-refractivity contribution < 1.29 is 42.5 Å². The van der Waals surface area contributed by atoms with E-state index in [9.17, 15) is 28.3 Å². The summed E-state index contributed by atoms with van der Waals surface area (Å²) in [7, 11) is 1.59. The molecule has 1 saturated carbocycles. The summed E-state index contributed by atoms with van der Waals surface area (Å²) in [4.78, 5) is 42.0. The molecule has 2 fully saturated rings. The minimum Gasteiger partial charge on any atom is -0.488 e. The molecule has 47 heavy (non-hydrogen) atoms. The molecule has 13 heteroatoms. The number of aromatic nitrogens is 1. The molecule has 3 aromatic rings. The zero-order valence-electron chi connectivity index (χ0n) is 26.6. The third kappa shape index (κ3) is 8.38. The lowest BCUT2D eigenvalue weighted by molar-refractivity contribution is -0.136. The van der Waals surface area contributed by atoms with Crippen LogP contribution in [-0.4, -0.2) is 96.0 Å². The van der Waals surface area contributed by atoms with Gasteiger partial charge >= 0.3 is 6.09 Å². The number of nitrogens with one attached hydrogen (secondary N) is 1. The highest BCUT2D eigenvalue weighted by molar-refractivity contribution is 6.04. The number of fused-ring (bicyclic) bond motifs is 1. The molecule has 1 saturated heterocycles. The zero-order chi connectivity index (χ0) is 33.3. The van der Waals surface area contributed by atoms with Crippen LogP contribution in [0.5, 0.6) is 5.75 Å². The molecule has 1 atom stereocenters. The smallest absolute Gasteiger partial charge is 0.405 e. The molecular weight excluding hydrogens is 614 g/mol. The number of piperazine rings is 1. The van der Waals surface area contributed by atoms with Gasteiger partial charge < -0.3 is 39.0 Å². The second-order valence-electron chi connectivity index (χ2n) is 12.0. The number of benzene rings is 2. The van der Waals surface area contributed by atoms with E-state index >= 15 is 0 Å². The van der Waals surface area contributed by atoms with Gasteiger partial charge in [0.05, 0.1) is 31.9 Å². The Morgan fingerprint density at radius 2 is 1.53 bits per heavy atom. The first-order valence-corrected chi connectivity index (χ1v) is 16.1. The van der Waals surface area contributed by atoms with Crippen LogP contribution in [0.3, 0.4) is 0 Å². The Morgan fingerprint density at radius 1 is 0.894 bits per heavy atom. The normalized spacial score (nSPS) is 16.3. The third-order valence-electron chi connectivity index (χ3n) is 8.90. The number of aryl methyl sites for hydroxylation is 1. The zero-order valence-corrected chi connectivity index (χ0v) is 26.6. The van der Waals surface area contributed by atoms with Crippen LogP contribution in [0.4, 0.5) is 13.6 Å². The molecule has 254 valence electrons. The van der Waals surface area contributed by atoms with Gasteiger partial charge in [-0.25, -0.2) is 13.6 Å². The van der Waals surface area contributed by atoms with Crippen LogP contribution in [0.2, 0.25) is 0 Å². The molecular formula is C34H42F2N4O7. The fourth-order valence-electron chi connectivity index (χ4n) is 6.43. The van der Waals surface area contributed by atoms with Crippen LogP contribution in [0, 0.1) is 17.6 Å². The van der Waals surface area contributed by atoms with Crippen LogP contribution < -0.4 is 10.1 Å². The molecule has 0 spiro atoms. The molecule has 2 aliphatic rings. The molecule has 3 amide bonds. The largest absolute Gasteiger partial charge is 0.488 e. The molecule has 1 aromatic heterocycles. The van der Waals surface area contributed by atoms with Crippen molar-refractivity contribution in [2.24, 2.45) is 13.0 Å². The molecule has 1 aliphatic carbocycles. The van der Waals surface area contributed by atoms with Crippen molar-refractivity contribution in [2.45, 2.75) is 44.8 Å². The molecule has 5 rings (SSSR count). The van der Waals surface area contributed by atoms with E-state index in [0.717, 1.165) is 49.8 Å². The molecule has 1 unspecified atom stereocenters. The number of amides is 3. The van der Waals surface area contributed by atoms with Crippen LogP contribution in [-0.2, 0) is 27.9 Å². The maximum absolute atomic E-state index is 14.4. The average Bonchev–Trinajstić information content (AvgIpc) is 3.34. The lowest BCUT2D eigenvalue weighted by Crippen LogP contribution is -2.57. The Labute approximate surface area is 272 Å². The SMILES string of the molecule is Cn1c(C(=O)N2CCN(C(=O)C(NC(=O)O)C3CCCCC3)CC2)c(OCCOCCOCc2ccccc2)c2cc(F)c(F)cc21. The second kappa shape index (κ2) is 16.1. The summed E-state index contributed by atoms with van der Waals surface area (Å²) in [6, 6.07) is 11.0. The average molecular weight is 657 g/mol. The summed E-state index contributed by atoms with van der Waals surface area (Å²) in [5.74, 6) is -2.73. The van der Waals surface area contributed by atoms with Crippen LogP contribution in [0.15, 0.2) is 42.5 Å².